The summed E-state index contributed by atoms with van der Waals surface area (Å²) >= 11 is 0. The first-order chi connectivity index (χ1) is 8.26. The molecule has 106 valence electrons. The van der Waals surface area contributed by atoms with E-state index in [1.807, 2.05) is 0 Å². The van der Waals surface area contributed by atoms with Crippen molar-refractivity contribution in [3.05, 3.63) is 12.7 Å². The van der Waals surface area contributed by atoms with Gasteiger partial charge >= 0.3 is 7.82 Å². The van der Waals surface area contributed by atoms with Crippen molar-refractivity contribution in [1.82, 2.24) is 0 Å². The van der Waals surface area contributed by atoms with Crippen molar-refractivity contribution in [2.45, 2.75) is 36.9 Å². The maximum atomic E-state index is 10.5. The smallest absolute Gasteiger partial charge is 0.388 e. The Balaban J connectivity index is 2.66. The molecule has 1 fully saturated rings. The summed E-state index contributed by atoms with van der Waals surface area (Å²) in [5, 5.41) is 28.8. The molecule has 1 saturated heterocycles. The molecule has 1 heterocycles. The van der Waals surface area contributed by atoms with E-state index in [9.17, 15) is 19.9 Å². The van der Waals surface area contributed by atoms with E-state index in [1.165, 1.54) is 6.08 Å². The maximum absolute atomic E-state index is 10.5. The molecular formula is C9H17O8P. The van der Waals surface area contributed by atoms with Gasteiger partial charge in [0.05, 0.1) is 12.7 Å². The third-order valence-corrected chi connectivity index (χ3v) is 3.10. The van der Waals surface area contributed by atoms with Crippen molar-refractivity contribution in [3.8, 4) is 0 Å². The molecule has 0 aromatic heterocycles. The fourth-order valence-corrected chi connectivity index (χ4v) is 2.04. The minimum absolute atomic E-state index is 0.220. The van der Waals surface area contributed by atoms with Crippen molar-refractivity contribution in [1.29, 1.82) is 0 Å². The Kier molecular flexibility index (Phi) is 5.45. The second-order valence-electron chi connectivity index (χ2n) is 4.00. The van der Waals surface area contributed by atoms with Crippen LogP contribution in [0, 0.1) is 0 Å². The van der Waals surface area contributed by atoms with Gasteiger partial charge < -0.3 is 29.8 Å². The van der Waals surface area contributed by atoms with Crippen molar-refractivity contribution in [3.63, 3.8) is 0 Å². The Morgan fingerprint density at radius 3 is 2.22 bits per heavy atom. The van der Waals surface area contributed by atoms with Gasteiger partial charge in [-0.1, -0.05) is 6.08 Å². The molecule has 5 N–H and O–H groups in total. The summed E-state index contributed by atoms with van der Waals surface area (Å²) in [6.07, 6.45) is -4.55. The van der Waals surface area contributed by atoms with Gasteiger partial charge in [0.1, 0.15) is 24.4 Å². The molecule has 0 spiro atoms. The highest BCUT2D eigenvalue weighted by Crippen LogP contribution is 2.37. The summed E-state index contributed by atoms with van der Waals surface area (Å²) in [7, 11) is -4.68. The largest absolute Gasteiger partial charge is 0.469 e. The Hall–Kier alpha value is -0.310. The van der Waals surface area contributed by atoms with Crippen LogP contribution in [0.5, 0.6) is 0 Å². The zero-order valence-electron chi connectivity index (χ0n) is 9.49. The number of phosphoric ester groups is 1. The van der Waals surface area contributed by atoms with E-state index in [1.54, 1.807) is 0 Å². The Bertz CT molecular complexity index is 329. The molecule has 0 radical (unpaired) electrons. The van der Waals surface area contributed by atoms with E-state index >= 15 is 0 Å². The first-order valence-corrected chi connectivity index (χ1v) is 6.80. The van der Waals surface area contributed by atoms with E-state index in [0.29, 0.717) is 0 Å². The number of phosphoric acid groups is 1. The van der Waals surface area contributed by atoms with Crippen molar-refractivity contribution >= 4 is 7.82 Å². The second kappa shape index (κ2) is 6.23. The van der Waals surface area contributed by atoms with E-state index < -0.39 is 44.9 Å². The Morgan fingerprint density at radius 2 is 1.72 bits per heavy atom. The zero-order valence-corrected chi connectivity index (χ0v) is 10.4. The van der Waals surface area contributed by atoms with Crippen LogP contribution in [-0.4, -0.2) is 62.2 Å². The van der Waals surface area contributed by atoms with Crippen LogP contribution >= 0.6 is 7.82 Å². The first kappa shape index (κ1) is 15.7. The van der Waals surface area contributed by atoms with Gasteiger partial charge in [-0.3, -0.25) is 4.52 Å². The zero-order chi connectivity index (χ0) is 13.9. The normalized spacial score (nSPS) is 37.5. The van der Waals surface area contributed by atoms with Gasteiger partial charge in [-0.25, -0.2) is 4.57 Å². The predicted octanol–water partition coefficient (Wildman–Crippen LogP) is -1.48. The summed E-state index contributed by atoms with van der Waals surface area (Å²) in [6.45, 7) is 2.86. The van der Waals surface area contributed by atoms with Gasteiger partial charge in [-0.2, -0.15) is 0 Å². The molecule has 1 rings (SSSR count). The quantitative estimate of drug-likeness (QED) is 0.304. The van der Waals surface area contributed by atoms with Crippen molar-refractivity contribution < 1.29 is 38.9 Å². The molecule has 8 nitrogen and oxygen atoms in total. The Labute approximate surface area is 104 Å². The fourth-order valence-electron chi connectivity index (χ4n) is 1.70. The topological polar surface area (TPSA) is 137 Å². The number of hydrogen-bond donors (Lipinski definition) is 5. The molecule has 18 heavy (non-hydrogen) atoms. The number of rotatable bonds is 5. The van der Waals surface area contributed by atoms with Crippen LogP contribution in [0.15, 0.2) is 12.7 Å². The number of aliphatic hydroxyl groups excluding tert-OH is 3. The third kappa shape index (κ3) is 4.11. The number of aliphatic hydroxyl groups is 3. The molecule has 0 amide bonds. The van der Waals surface area contributed by atoms with Crippen LogP contribution in [0.4, 0.5) is 0 Å². The van der Waals surface area contributed by atoms with E-state index in [4.69, 9.17) is 14.5 Å². The van der Waals surface area contributed by atoms with Crippen LogP contribution in [0.2, 0.25) is 0 Å². The lowest BCUT2D eigenvalue weighted by Crippen LogP contribution is -2.58. The summed E-state index contributed by atoms with van der Waals surface area (Å²) in [5.74, 6) is 0. The second-order valence-corrected chi connectivity index (χ2v) is 5.23. The standard InChI is InChI=1S/C9H17O8P/c1-2-3-5-7(10)9(12)8(11)6(17-5)4-16-18(13,14)15/h2,5-12H,1,3-4H2,(H2,13,14,15). The number of hydrogen-bond acceptors (Lipinski definition) is 6. The van der Waals surface area contributed by atoms with Gasteiger partial charge in [-0.05, 0) is 6.42 Å². The fraction of sp³-hybridized carbons (Fsp3) is 0.778. The SMILES string of the molecule is C=CCC1OC(COP(=O)(O)O)C(O)C(O)C1O. The molecule has 0 bridgehead atoms. The molecule has 1 aliphatic heterocycles. The summed E-state index contributed by atoms with van der Waals surface area (Å²) in [5.41, 5.74) is 0. The minimum Gasteiger partial charge on any atom is -0.388 e. The lowest BCUT2D eigenvalue weighted by atomic mass is 9.94. The van der Waals surface area contributed by atoms with Gasteiger partial charge in [0.25, 0.3) is 0 Å². The summed E-state index contributed by atoms with van der Waals surface area (Å²) < 4.78 is 20.0. The van der Waals surface area contributed by atoms with Crippen LogP contribution in [0.3, 0.4) is 0 Å². The lowest BCUT2D eigenvalue weighted by molar-refractivity contribution is -0.226. The lowest BCUT2D eigenvalue weighted by Gasteiger charge is -2.40. The van der Waals surface area contributed by atoms with Crippen LogP contribution in [0.1, 0.15) is 6.42 Å². The summed E-state index contributed by atoms with van der Waals surface area (Å²) in [6, 6.07) is 0. The molecule has 0 aromatic carbocycles. The average Bonchev–Trinajstić information content (AvgIpc) is 2.27. The molecule has 5 unspecified atom stereocenters. The predicted molar refractivity (Wildman–Crippen MR) is 59.5 cm³/mol. The van der Waals surface area contributed by atoms with E-state index in [-0.39, 0.29) is 6.42 Å². The number of ether oxygens (including phenoxy) is 1. The van der Waals surface area contributed by atoms with Gasteiger partial charge in [0.15, 0.2) is 0 Å². The highest BCUT2D eigenvalue weighted by molar-refractivity contribution is 7.46. The van der Waals surface area contributed by atoms with Crippen LogP contribution in [-0.2, 0) is 13.8 Å². The average molecular weight is 284 g/mol. The minimum atomic E-state index is -4.68. The van der Waals surface area contributed by atoms with Crippen LogP contribution in [0.25, 0.3) is 0 Å². The highest BCUT2D eigenvalue weighted by atomic mass is 31.2. The monoisotopic (exact) mass is 284 g/mol. The molecule has 1 aliphatic rings. The van der Waals surface area contributed by atoms with E-state index in [0.717, 1.165) is 0 Å². The van der Waals surface area contributed by atoms with Gasteiger partial charge in [-0.15, -0.1) is 6.58 Å². The van der Waals surface area contributed by atoms with Crippen LogP contribution < -0.4 is 0 Å². The van der Waals surface area contributed by atoms with Gasteiger partial charge in [0.2, 0.25) is 0 Å². The van der Waals surface area contributed by atoms with Crippen molar-refractivity contribution in [2.24, 2.45) is 0 Å². The molecule has 0 saturated carbocycles. The maximum Gasteiger partial charge on any atom is 0.469 e. The molecular weight excluding hydrogens is 267 g/mol. The highest BCUT2D eigenvalue weighted by Gasteiger charge is 2.43. The van der Waals surface area contributed by atoms with Gasteiger partial charge in [0, 0.05) is 0 Å². The first-order valence-electron chi connectivity index (χ1n) is 5.27. The van der Waals surface area contributed by atoms with E-state index in [2.05, 4.69) is 11.1 Å². The Morgan fingerprint density at radius 1 is 1.17 bits per heavy atom. The molecule has 5 atom stereocenters. The van der Waals surface area contributed by atoms with Crippen molar-refractivity contribution in [2.75, 3.05) is 6.61 Å². The third-order valence-electron chi connectivity index (χ3n) is 2.62. The molecule has 9 heteroatoms. The summed E-state index contributed by atoms with van der Waals surface area (Å²) in [4.78, 5) is 17.1. The molecule has 0 aromatic rings. The molecule has 0 aliphatic carbocycles.